The van der Waals surface area contributed by atoms with Crippen molar-refractivity contribution in [2.45, 2.75) is 26.2 Å². The molecule has 1 rings (SSSR count). The first kappa shape index (κ1) is 16.3. The molecule has 2 nitrogen and oxygen atoms in total. The van der Waals surface area contributed by atoms with Gasteiger partial charge in [-0.25, -0.2) is 0 Å². The van der Waals surface area contributed by atoms with E-state index in [4.69, 9.17) is 10.0 Å². The van der Waals surface area contributed by atoms with Gasteiger partial charge < -0.3 is 17.0 Å². The van der Waals surface area contributed by atoms with E-state index in [1.165, 1.54) is 0 Å². The van der Waals surface area contributed by atoms with Crippen LogP contribution in [0.5, 0.6) is 0 Å². The molecule has 0 saturated carbocycles. The number of rotatable bonds is 5. The number of hydrogen-bond acceptors (Lipinski definition) is 2. The molecule has 1 aromatic rings. The van der Waals surface area contributed by atoms with E-state index in [-0.39, 0.29) is 32.7 Å². The number of aryl methyl sites for hydroxylation is 1. The Balaban J connectivity index is 0.00000225. The molecule has 0 aliphatic heterocycles. The van der Waals surface area contributed by atoms with Crippen molar-refractivity contribution < 1.29 is 42.8 Å². The van der Waals surface area contributed by atoms with Crippen molar-refractivity contribution in [3.05, 3.63) is 36.8 Å². The Hall–Kier alpha value is 0.309. The van der Waals surface area contributed by atoms with E-state index in [1.807, 2.05) is 18.2 Å². The molecule has 1 radical (unpaired) electrons. The third kappa shape index (κ3) is 5.58. The van der Waals surface area contributed by atoms with Crippen molar-refractivity contribution in [1.82, 2.24) is 0 Å². The summed E-state index contributed by atoms with van der Waals surface area (Å²) in [6.45, 7) is 6.16. The minimum absolute atomic E-state index is 0. The Labute approximate surface area is 123 Å². The normalized spacial score (nSPS) is 11.8. The maximum atomic E-state index is 9.01. The van der Waals surface area contributed by atoms with Gasteiger partial charge in [-0.15, -0.1) is 0 Å². The monoisotopic (exact) mass is 294 g/mol. The van der Waals surface area contributed by atoms with Gasteiger partial charge in [-0.2, -0.15) is 5.92 Å². The van der Waals surface area contributed by atoms with Crippen LogP contribution >= 0.6 is 0 Å². The van der Waals surface area contributed by atoms with Crippen LogP contribution in [-0.2, 0) is 39.1 Å². The Kier molecular flexibility index (Phi) is 8.57. The molecule has 1 unspecified atom stereocenters. The molecule has 0 aliphatic carbocycles. The molecule has 0 aromatic heterocycles. The van der Waals surface area contributed by atoms with Gasteiger partial charge in [-0.3, -0.25) is 0 Å². The molecule has 0 aliphatic rings. The quantitative estimate of drug-likeness (QED) is 0.632. The summed E-state index contributed by atoms with van der Waals surface area (Å²) in [6.07, 6.45) is 3.08. The van der Waals surface area contributed by atoms with Crippen LogP contribution in [0.3, 0.4) is 0 Å². The van der Waals surface area contributed by atoms with Crippen LogP contribution in [-0.4, -0.2) is 17.2 Å². The van der Waals surface area contributed by atoms with Gasteiger partial charge in [0.05, 0.1) is 0 Å². The van der Waals surface area contributed by atoms with E-state index in [0.29, 0.717) is 11.4 Å². The topological polar surface area (TPSA) is 40.5 Å². The third-order valence-corrected chi connectivity index (χ3v) is 2.67. The molecular formula is C12H18BO2Y-. The average Bonchev–Trinajstić information content (AvgIpc) is 2.26. The predicted octanol–water partition coefficient (Wildman–Crippen LogP) is 1.16. The summed E-state index contributed by atoms with van der Waals surface area (Å²) in [5, 5.41) is 18.0. The van der Waals surface area contributed by atoms with Gasteiger partial charge in [0.25, 0.3) is 0 Å². The summed E-state index contributed by atoms with van der Waals surface area (Å²) in [5.74, 6) is 0.479. The second-order valence-corrected chi connectivity index (χ2v) is 3.93. The maximum Gasteiger partial charge on any atom is 0.488 e. The van der Waals surface area contributed by atoms with E-state index in [9.17, 15) is 0 Å². The van der Waals surface area contributed by atoms with E-state index in [0.717, 1.165) is 24.8 Å². The van der Waals surface area contributed by atoms with Crippen molar-refractivity contribution >= 4 is 12.6 Å². The summed E-state index contributed by atoms with van der Waals surface area (Å²) >= 11 is 0. The second-order valence-electron chi connectivity index (χ2n) is 3.93. The van der Waals surface area contributed by atoms with Gasteiger partial charge in [0.1, 0.15) is 0 Å². The largest absolute Gasteiger partial charge is 0.488 e. The Morgan fingerprint density at radius 2 is 2.06 bits per heavy atom. The van der Waals surface area contributed by atoms with Crippen LogP contribution in [0.4, 0.5) is 0 Å². The molecule has 1 aromatic carbocycles. The first-order valence-electron chi connectivity index (χ1n) is 5.41. The predicted molar refractivity (Wildman–Crippen MR) is 63.7 cm³/mol. The van der Waals surface area contributed by atoms with Crippen molar-refractivity contribution in [2.24, 2.45) is 5.92 Å². The Morgan fingerprint density at radius 3 is 2.62 bits per heavy atom. The number of hydrogen-bond donors (Lipinski definition) is 2. The summed E-state index contributed by atoms with van der Waals surface area (Å²) < 4.78 is 0. The van der Waals surface area contributed by atoms with Gasteiger partial charge in [-0.1, -0.05) is 44.0 Å². The van der Waals surface area contributed by atoms with E-state index < -0.39 is 7.12 Å². The first-order valence-corrected chi connectivity index (χ1v) is 5.41. The minimum atomic E-state index is -1.37. The third-order valence-electron chi connectivity index (χ3n) is 2.67. The smallest absolute Gasteiger partial charge is 0.423 e. The van der Waals surface area contributed by atoms with E-state index in [1.54, 1.807) is 6.07 Å². The van der Waals surface area contributed by atoms with Crippen LogP contribution in [0.1, 0.15) is 25.3 Å². The van der Waals surface area contributed by atoms with Crippen molar-refractivity contribution in [1.29, 1.82) is 0 Å². The summed E-state index contributed by atoms with van der Waals surface area (Å²) in [5.41, 5.74) is 1.70. The van der Waals surface area contributed by atoms with Gasteiger partial charge in [0, 0.05) is 32.7 Å². The molecule has 4 heteroatoms. The molecular weight excluding hydrogens is 276 g/mol. The molecule has 0 fully saturated rings. The molecule has 2 N–H and O–H groups in total. The fourth-order valence-electron chi connectivity index (χ4n) is 1.48. The maximum absolute atomic E-state index is 9.01. The minimum Gasteiger partial charge on any atom is -0.423 e. The zero-order chi connectivity index (χ0) is 11.3. The van der Waals surface area contributed by atoms with Gasteiger partial charge in [-0.05, 0) is 17.4 Å². The fourth-order valence-corrected chi connectivity index (χ4v) is 1.48. The standard InChI is InChI=1S/C12H18BO2.Y/c1-3-10(2)7-8-11-5-4-6-12(9-11)13(14)15;/h4-6,9-10,14-15H,2-3,7-8H2,1H3;/q-1;. The van der Waals surface area contributed by atoms with Crippen molar-refractivity contribution in [3.63, 3.8) is 0 Å². The Bertz CT molecular complexity index is 305. The van der Waals surface area contributed by atoms with Crippen molar-refractivity contribution in [3.8, 4) is 0 Å². The Morgan fingerprint density at radius 1 is 1.38 bits per heavy atom. The molecule has 16 heavy (non-hydrogen) atoms. The first-order chi connectivity index (χ1) is 7.13. The van der Waals surface area contributed by atoms with Gasteiger partial charge in [0.2, 0.25) is 0 Å². The molecule has 0 saturated heterocycles. The van der Waals surface area contributed by atoms with E-state index in [2.05, 4.69) is 13.8 Å². The average molecular weight is 294 g/mol. The number of benzene rings is 1. The zero-order valence-electron chi connectivity index (χ0n) is 9.76. The zero-order valence-corrected chi connectivity index (χ0v) is 12.6. The van der Waals surface area contributed by atoms with Crippen LogP contribution in [0.15, 0.2) is 24.3 Å². The molecule has 0 amide bonds. The molecule has 85 valence electrons. The van der Waals surface area contributed by atoms with Crippen LogP contribution in [0.2, 0.25) is 0 Å². The summed E-state index contributed by atoms with van der Waals surface area (Å²) in [7, 11) is -1.37. The van der Waals surface area contributed by atoms with E-state index >= 15 is 0 Å². The second kappa shape index (κ2) is 8.41. The SMILES string of the molecule is [CH2-]C(CC)CCc1cccc(B(O)O)c1.[Y]. The van der Waals surface area contributed by atoms with Gasteiger partial charge >= 0.3 is 7.12 Å². The summed E-state index contributed by atoms with van der Waals surface area (Å²) in [6, 6.07) is 7.42. The molecule has 1 atom stereocenters. The molecule has 0 heterocycles. The van der Waals surface area contributed by atoms with Crippen LogP contribution in [0, 0.1) is 12.8 Å². The fraction of sp³-hybridized carbons (Fsp3) is 0.417. The van der Waals surface area contributed by atoms with Crippen molar-refractivity contribution in [2.75, 3.05) is 0 Å². The van der Waals surface area contributed by atoms with Crippen LogP contribution in [0.25, 0.3) is 0 Å². The van der Waals surface area contributed by atoms with Crippen LogP contribution < -0.4 is 5.46 Å². The summed E-state index contributed by atoms with van der Waals surface area (Å²) in [4.78, 5) is 0. The molecule has 0 spiro atoms. The van der Waals surface area contributed by atoms with Gasteiger partial charge in [0.15, 0.2) is 0 Å². The molecule has 0 bridgehead atoms.